The van der Waals surface area contributed by atoms with E-state index in [0.29, 0.717) is 5.57 Å². The van der Waals surface area contributed by atoms with E-state index in [1.54, 1.807) is 6.08 Å². The minimum absolute atomic E-state index is 0.0508. The van der Waals surface area contributed by atoms with Crippen molar-refractivity contribution in [2.24, 2.45) is 17.8 Å². The third-order valence-electron chi connectivity index (χ3n) is 5.37. The molecule has 0 heterocycles. The van der Waals surface area contributed by atoms with Gasteiger partial charge in [-0.25, -0.2) is 0 Å². The Labute approximate surface area is 128 Å². The Balaban J connectivity index is 1.81. The van der Waals surface area contributed by atoms with Gasteiger partial charge in [0.2, 0.25) is 0 Å². The lowest BCUT2D eigenvalue weighted by Gasteiger charge is -2.43. The second-order valence-corrected chi connectivity index (χ2v) is 6.40. The molecule has 0 spiro atoms. The number of hydrogen-bond acceptors (Lipinski definition) is 2. The average molecular weight is 286 g/mol. The van der Waals surface area contributed by atoms with Crippen LogP contribution >= 0.6 is 0 Å². The molecule has 22 heavy (non-hydrogen) atoms. The number of carbonyl (C=O) groups excluding carboxylic acids is 2. The molecule has 106 valence electrons. The maximum absolute atomic E-state index is 12.9. The minimum atomic E-state index is -0.119. The summed E-state index contributed by atoms with van der Waals surface area (Å²) in [6.07, 6.45) is 18.9. The van der Waals surface area contributed by atoms with Gasteiger partial charge in [-0.2, -0.15) is 0 Å². The van der Waals surface area contributed by atoms with Crippen LogP contribution in [0.15, 0.2) is 82.5 Å². The molecule has 0 radical (unpaired) electrons. The molecule has 0 aliphatic heterocycles. The lowest BCUT2D eigenvalue weighted by atomic mass is 9.58. The lowest BCUT2D eigenvalue weighted by molar-refractivity contribution is -0.118. The first-order valence-corrected chi connectivity index (χ1v) is 7.73. The fourth-order valence-corrected chi connectivity index (χ4v) is 4.46. The predicted molar refractivity (Wildman–Crippen MR) is 83.8 cm³/mol. The van der Waals surface area contributed by atoms with Crippen LogP contribution in [0.3, 0.4) is 0 Å². The maximum Gasteiger partial charge on any atom is 0.193 e. The largest absolute Gasteiger partial charge is 0.289 e. The Kier molecular flexibility index (Phi) is 2.22. The quantitative estimate of drug-likeness (QED) is 0.641. The van der Waals surface area contributed by atoms with Crippen molar-refractivity contribution in [3.63, 3.8) is 0 Å². The number of ketones is 2. The Morgan fingerprint density at radius 2 is 1.91 bits per heavy atom. The first-order valence-electron chi connectivity index (χ1n) is 7.73. The second kappa shape index (κ2) is 4.04. The Hall–Kier alpha value is -2.48. The van der Waals surface area contributed by atoms with Crippen LogP contribution in [0.5, 0.6) is 0 Å². The number of hydrogen-bond donors (Lipinski definition) is 0. The van der Waals surface area contributed by atoms with E-state index in [0.717, 1.165) is 23.1 Å². The highest BCUT2D eigenvalue weighted by atomic mass is 16.1. The molecule has 0 aromatic heterocycles. The van der Waals surface area contributed by atoms with Gasteiger partial charge in [-0.3, -0.25) is 9.59 Å². The van der Waals surface area contributed by atoms with Crippen LogP contribution in [0.4, 0.5) is 0 Å². The van der Waals surface area contributed by atoms with Crippen LogP contribution < -0.4 is 0 Å². The molecule has 3 unspecified atom stereocenters. The van der Waals surface area contributed by atoms with Crippen LogP contribution in [-0.2, 0) is 9.59 Å². The zero-order chi connectivity index (χ0) is 14.8. The minimum Gasteiger partial charge on any atom is -0.289 e. The summed E-state index contributed by atoms with van der Waals surface area (Å²) in [5.74, 6) is 0.290. The molecular weight excluding hydrogens is 272 g/mol. The number of Topliss-reactive ketones (excluding diaryl/α,β-unsaturated/α-hetero) is 1. The highest BCUT2D eigenvalue weighted by molar-refractivity contribution is 6.31. The number of fused-ring (bicyclic) bond motifs is 2. The van der Waals surface area contributed by atoms with Crippen molar-refractivity contribution < 1.29 is 9.59 Å². The van der Waals surface area contributed by atoms with E-state index in [2.05, 4.69) is 24.3 Å². The molecule has 0 fully saturated rings. The molecule has 0 N–H and O–H groups in total. The molecule has 2 nitrogen and oxygen atoms in total. The molecule has 0 saturated carbocycles. The molecular formula is C20H14O2. The van der Waals surface area contributed by atoms with Gasteiger partial charge in [0.05, 0.1) is 5.57 Å². The molecule has 0 amide bonds. The first kappa shape index (κ1) is 12.1. The van der Waals surface area contributed by atoms with Crippen molar-refractivity contribution in [3.05, 3.63) is 82.5 Å². The SMILES string of the molecule is O=C1C=C2C=CC=C3C=CC4C(=C1C(=O)C1=CC=CCC14)C32. The molecule has 0 saturated heterocycles. The molecule has 0 aromatic carbocycles. The summed E-state index contributed by atoms with van der Waals surface area (Å²) in [7, 11) is 0. The fourth-order valence-electron chi connectivity index (χ4n) is 4.46. The average Bonchev–Trinajstić information content (AvgIpc) is 2.55. The first-order chi connectivity index (χ1) is 10.8. The normalized spacial score (nSPS) is 34.0. The van der Waals surface area contributed by atoms with Crippen LogP contribution in [0.1, 0.15) is 6.42 Å². The van der Waals surface area contributed by atoms with E-state index in [1.807, 2.05) is 24.3 Å². The van der Waals surface area contributed by atoms with Gasteiger partial charge in [-0.15, -0.1) is 0 Å². The summed E-state index contributed by atoms with van der Waals surface area (Å²) in [4.78, 5) is 25.5. The van der Waals surface area contributed by atoms with Gasteiger partial charge >= 0.3 is 0 Å². The lowest BCUT2D eigenvalue weighted by Crippen LogP contribution is -2.40. The van der Waals surface area contributed by atoms with E-state index in [-0.39, 0.29) is 29.3 Å². The van der Waals surface area contributed by atoms with Gasteiger partial charge in [-0.05, 0) is 29.2 Å². The van der Waals surface area contributed by atoms with Crippen molar-refractivity contribution in [3.8, 4) is 0 Å². The Morgan fingerprint density at radius 1 is 1.00 bits per heavy atom. The third kappa shape index (κ3) is 1.35. The van der Waals surface area contributed by atoms with Crippen LogP contribution in [0, 0.1) is 17.8 Å². The van der Waals surface area contributed by atoms with Crippen molar-refractivity contribution in [2.45, 2.75) is 6.42 Å². The van der Waals surface area contributed by atoms with E-state index >= 15 is 0 Å². The predicted octanol–water partition coefficient (Wildman–Crippen LogP) is 3.18. The molecule has 0 aromatic rings. The van der Waals surface area contributed by atoms with E-state index < -0.39 is 0 Å². The van der Waals surface area contributed by atoms with Gasteiger partial charge in [-0.1, -0.05) is 48.6 Å². The summed E-state index contributed by atoms with van der Waals surface area (Å²) in [6, 6.07) is 0. The number of allylic oxidation sites excluding steroid dienone is 14. The van der Waals surface area contributed by atoms with Gasteiger partial charge in [0.1, 0.15) is 0 Å². The van der Waals surface area contributed by atoms with Crippen molar-refractivity contribution in [2.75, 3.05) is 0 Å². The summed E-state index contributed by atoms with van der Waals surface area (Å²) in [6.45, 7) is 0. The summed E-state index contributed by atoms with van der Waals surface area (Å²) >= 11 is 0. The van der Waals surface area contributed by atoms with Gasteiger partial charge in [0, 0.05) is 23.3 Å². The third-order valence-corrected chi connectivity index (χ3v) is 5.37. The van der Waals surface area contributed by atoms with Crippen molar-refractivity contribution in [1.29, 1.82) is 0 Å². The highest BCUT2D eigenvalue weighted by Crippen LogP contribution is 2.52. The van der Waals surface area contributed by atoms with Crippen LogP contribution in [0.2, 0.25) is 0 Å². The molecule has 5 rings (SSSR count). The number of rotatable bonds is 0. The van der Waals surface area contributed by atoms with E-state index in [9.17, 15) is 9.59 Å². The smallest absolute Gasteiger partial charge is 0.193 e. The van der Waals surface area contributed by atoms with Crippen molar-refractivity contribution >= 4 is 11.6 Å². The van der Waals surface area contributed by atoms with Crippen molar-refractivity contribution in [1.82, 2.24) is 0 Å². The highest BCUT2D eigenvalue weighted by Gasteiger charge is 2.47. The maximum atomic E-state index is 12.9. The van der Waals surface area contributed by atoms with Crippen LogP contribution in [0.25, 0.3) is 0 Å². The zero-order valence-corrected chi connectivity index (χ0v) is 12.0. The monoisotopic (exact) mass is 286 g/mol. The molecule has 0 bridgehead atoms. The Morgan fingerprint density at radius 3 is 2.82 bits per heavy atom. The van der Waals surface area contributed by atoms with Gasteiger partial charge in [0.15, 0.2) is 11.6 Å². The molecule has 5 aliphatic rings. The van der Waals surface area contributed by atoms with E-state index in [4.69, 9.17) is 0 Å². The molecule has 5 aliphatic carbocycles. The summed E-state index contributed by atoms with van der Waals surface area (Å²) < 4.78 is 0. The molecule has 3 atom stereocenters. The topological polar surface area (TPSA) is 34.1 Å². The van der Waals surface area contributed by atoms with Gasteiger partial charge in [0.25, 0.3) is 0 Å². The zero-order valence-electron chi connectivity index (χ0n) is 12.0. The fraction of sp³-hybridized carbons (Fsp3) is 0.200. The standard InChI is InChI=1S/C20H14O2/c21-16-10-12-5-3-4-11-8-9-14-13-6-1-2-7-15(13)20(22)19(16)18(14)17(11)12/h1-5,7-10,13-14,17H,6H2. The Bertz CT molecular complexity index is 852. The van der Waals surface area contributed by atoms with Gasteiger partial charge < -0.3 is 0 Å². The van der Waals surface area contributed by atoms with Crippen LogP contribution in [-0.4, -0.2) is 11.6 Å². The second-order valence-electron chi connectivity index (χ2n) is 6.40. The number of carbonyl (C=O) groups is 2. The summed E-state index contributed by atoms with van der Waals surface area (Å²) in [5.41, 5.74) is 4.50. The summed E-state index contributed by atoms with van der Waals surface area (Å²) in [5, 5.41) is 0. The van der Waals surface area contributed by atoms with E-state index in [1.165, 1.54) is 5.57 Å². The molecule has 2 heteroatoms.